The zero-order valence-electron chi connectivity index (χ0n) is 10.1. The van der Waals surface area contributed by atoms with E-state index >= 15 is 0 Å². The molecule has 0 atom stereocenters. The van der Waals surface area contributed by atoms with E-state index in [1.165, 1.54) is 26.5 Å². The van der Waals surface area contributed by atoms with Crippen LogP contribution in [0.2, 0.25) is 0 Å². The first-order valence-corrected chi connectivity index (χ1v) is 5.16. The predicted octanol–water partition coefficient (Wildman–Crippen LogP) is -1.43. The minimum absolute atomic E-state index is 0.0270. The standard InChI is InChI=1S/C10H14BNO6/c1-16-3-4-18-9-8(10(13)17-2)5-7(6-12-9)11(14)15/h5-6,14-15H,3-4H2,1-2H3. The Morgan fingerprint density at radius 2 is 2.11 bits per heavy atom. The first kappa shape index (κ1) is 14.4. The summed E-state index contributed by atoms with van der Waals surface area (Å²) < 4.78 is 14.6. The average molecular weight is 255 g/mol. The highest BCUT2D eigenvalue weighted by Crippen LogP contribution is 2.14. The Bertz CT molecular complexity index is 411. The Kier molecular flexibility index (Phi) is 5.57. The Hall–Kier alpha value is -1.64. The normalized spacial score (nSPS) is 10.0. The van der Waals surface area contributed by atoms with E-state index in [1.54, 1.807) is 0 Å². The Labute approximate surface area is 104 Å². The van der Waals surface area contributed by atoms with Crippen molar-refractivity contribution in [1.29, 1.82) is 0 Å². The molecule has 8 heteroatoms. The maximum Gasteiger partial charge on any atom is 0.490 e. The van der Waals surface area contributed by atoms with Gasteiger partial charge in [0.1, 0.15) is 12.2 Å². The Morgan fingerprint density at radius 1 is 1.39 bits per heavy atom. The lowest BCUT2D eigenvalue weighted by Gasteiger charge is -2.10. The predicted molar refractivity (Wildman–Crippen MR) is 62.8 cm³/mol. The molecule has 0 aliphatic rings. The van der Waals surface area contributed by atoms with Gasteiger partial charge >= 0.3 is 13.1 Å². The van der Waals surface area contributed by atoms with Gasteiger partial charge in [0.2, 0.25) is 5.88 Å². The van der Waals surface area contributed by atoms with Crippen molar-refractivity contribution in [2.24, 2.45) is 0 Å². The van der Waals surface area contributed by atoms with Crippen LogP contribution in [0.3, 0.4) is 0 Å². The van der Waals surface area contributed by atoms with Crippen LogP contribution in [0.25, 0.3) is 0 Å². The van der Waals surface area contributed by atoms with Gasteiger partial charge < -0.3 is 24.3 Å². The SMILES string of the molecule is COCCOc1ncc(B(O)O)cc1C(=O)OC. The van der Waals surface area contributed by atoms with Gasteiger partial charge in [-0.15, -0.1) is 0 Å². The molecule has 0 radical (unpaired) electrons. The first-order chi connectivity index (χ1) is 8.60. The van der Waals surface area contributed by atoms with Crippen molar-refractivity contribution >= 4 is 18.6 Å². The molecule has 98 valence electrons. The van der Waals surface area contributed by atoms with Crippen molar-refractivity contribution in [3.63, 3.8) is 0 Å². The molecule has 0 unspecified atom stereocenters. The van der Waals surface area contributed by atoms with Crippen LogP contribution >= 0.6 is 0 Å². The summed E-state index contributed by atoms with van der Waals surface area (Å²) in [7, 11) is 1.01. The summed E-state index contributed by atoms with van der Waals surface area (Å²) in [5.41, 5.74) is 0.105. The lowest BCUT2D eigenvalue weighted by atomic mass is 9.81. The van der Waals surface area contributed by atoms with Gasteiger partial charge in [-0.1, -0.05) is 0 Å². The zero-order chi connectivity index (χ0) is 13.5. The Morgan fingerprint density at radius 3 is 2.67 bits per heavy atom. The number of rotatable bonds is 6. The number of hydrogen-bond donors (Lipinski definition) is 2. The molecule has 2 N–H and O–H groups in total. The lowest BCUT2D eigenvalue weighted by Crippen LogP contribution is -2.31. The number of esters is 1. The molecule has 0 aliphatic heterocycles. The van der Waals surface area contributed by atoms with Crippen LogP contribution in [0.4, 0.5) is 0 Å². The van der Waals surface area contributed by atoms with Crippen LogP contribution in [0, 0.1) is 0 Å². The van der Waals surface area contributed by atoms with Gasteiger partial charge in [0.15, 0.2) is 0 Å². The minimum atomic E-state index is -1.71. The quantitative estimate of drug-likeness (QED) is 0.365. The molecule has 18 heavy (non-hydrogen) atoms. The molecule has 0 amide bonds. The van der Waals surface area contributed by atoms with E-state index in [-0.39, 0.29) is 23.5 Å². The number of pyridine rings is 1. The van der Waals surface area contributed by atoms with Crippen molar-refractivity contribution in [2.75, 3.05) is 27.4 Å². The maximum atomic E-state index is 11.5. The largest absolute Gasteiger partial charge is 0.490 e. The van der Waals surface area contributed by atoms with Crippen LogP contribution < -0.4 is 10.2 Å². The van der Waals surface area contributed by atoms with Crippen LogP contribution in [0.1, 0.15) is 10.4 Å². The second kappa shape index (κ2) is 6.95. The van der Waals surface area contributed by atoms with E-state index in [9.17, 15) is 4.79 Å². The zero-order valence-corrected chi connectivity index (χ0v) is 10.1. The summed E-state index contributed by atoms with van der Waals surface area (Å²) in [4.78, 5) is 15.3. The third-order valence-corrected chi connectivity index (χ3v) is 2.10. The van der Waals surface area contributed by atoms with Gasteiger partial charge in [-0.2, -0.15) is 0 Å². The summed E-state index contributed by atoms with van der Waals surface area (Å²) in [5, 5.41) is 18.0. The highest BCUT2D eigenvalue weighted by atomic mass is 16.5. The number of ether oxygens (including phenoxy) is 3. The maximum absolute atomic E-state index is 11.5. The van der Waals surface area contributed by atoms with Crippen LogP contribution in [0.5, 0.6) is 5.88 Å². The monoisotopic (exact) mass is 255 g/mol. The van der Waals surface area contributed by atoms with Crippen molar-refractivity contribution < 1.29 is 29.1 Å². The summed E-state index contributed by atoms with van der Waals surface area (Å²) in [6, 6.07) is 1.26. The van der Waals surface area contributed by atoms with Gasteiger partial charge in [0.05, 0.1) is 13.7 Å². The van der Waals surface area contributed by atoms with Gasteiger partial charge in [0.25, 0.3) is 0 Å². The number of carbonyl (C=O) groups is 1. The summed E-state index contributed by atoms with van der Waals surface area (Å²) >= 11 is 0. The molecule has 1 heterocycles. The highest BCUT2D eigenvalue weighted by Gasteiger charge is 2.20. The van der Waals surface area contributed by atoms with Gasteiger partial charge in [-0.25, -0.2) is 9.78 Å². The molecular weight excluding hydrogens is 241 g/mol. The van der Waals surface area contributed by atoms with E-state index in [4.69, 9.17) is 19.5 Å². The van der Waals surface area contributed by atoms with Crippen LogP contribution in [-0.4, -0.2) is 55.6 Å². The number of aromatic nitrogens is 1. The fourth-order valence-corrected chi connectivity index (χ4v) is 1.20. The minimum Gasteiger partial charge on any atom is -0.475 e. The molecule has 0 spiro atoms. The number of carbonyl (C=O) groups excluding carboxylic acids is 1. The van der Waals surface area contributed by atoms with E-state index < -0.39 is 13.1 Å². The molecule has 0 saturated carbocycles. The third kappa shape index (κ3) is 3.69. The molecule has 0 saturated heterocycles. The smallest absolute Gasteiger partial charge is 0.475 e. The molecule has 7 nitrogen and oxygen atoms in total. The fourth-order valence-electron chi connectivity index (χ4n) is 1.20. The van der Waals surface area contributed by atoms with E-state index in [0.29, 0.717) is 6.61 Å². The van der Waals surface area contributed by atoms with Gasteiger partial charge in [-0.05, 0) is 6.07 Å². The second-order valence-corrected chi connectivity index (χ2v) is 3.33. The number of hydrogen-bond acceptors (Lipinski definition) is 7. The van der Waals surface area contributed by atoms with Crippen molar-refractivity contribution in [1.82, 2.24) is 4.98 Å². The summed E-state index contributed by atoms with van der Waals surface area (Å²) in [6.45, 7) is 0.557. The molecule has 0 fully saturated rings. The lowest BCUT2D eigenvalue weighted by molar-refractivity contribution is 0.0592. The third-order valence-electron chi connectivity index (χ3n) is 2.10. The molecule has 0 aliphatic carbocycles. The second-order valence-electron chi connectivity index (χ2n) is 3.33. The summed E-state index contributed by atoms with van der Waals surface area (Å²) in [5.74, 6) is -0.610. The Balaban J connectivity index is 2.97. The van der Waals surface area contributed by atoms with Crippen molar-refractivity contribution in [3.05, 3.63) is 17.8 Å². The molecule has 1 aromatic heterocycles. The van der Waals surface area contributed by atoms with Crippen molar-refractivity contribution in [2.45, 2.75) is 0 Å². The molecule has 1 aromatic rings. The molecule has 0 aromatic carbocycles. The summed E-state index contributed by atoms with van der Waals surface area (Å²) in [6.07, 6.45) is 1.21. The number of nitrogens with zero attached hydrogens (tertiary/aromatic N) is 1. The van der Waals surface area contributed by atoms with Crippen LogP contribution in [0.15, 0.2) is 12.3 Å². The molecule has 1 rings (SSSR count). The number of methoxy groups -OCH3 is 2. The van der Waals surface area contributed by atoms with E-state index in [0.717, 1.165) is 0 Å². The fraction of sp³-hybridized carbons (Fsp3) is 0.400. The topological polar surface area (TPSA) is 98.1 Å². The van der Waals surface area contributed by atoms with Gasteiger partial charge in [0, 0.05) is 18.8 Å². The van der Waals surface area contributed by atoms with Gasteiger partial charge in [-0.3, -0.25) is 0 Å². The first-order valence-electron chi connectivity index (χ1n) is 5.16. The van der Waals surface area contributed by atoms with E-state index in [2.05, 4.69) is 9.72 Å². The highest BCUT2D eigenvalue weighted by molar-refractivity contribution is 6.58. The van der Waals surface area contributed by atoms with Crippen LogP contribution in [-0.2, 0) is 9.47 Å². The molecular formula is C10H14BNO6. The van der Waals surface area contributed by atoms with Crippen molar-refractivity contribution in [3.8, 4) is 5.88 Å². The average Bonchev–Trinajstić information content (AvgIpc) is 2.38. The van der Waals surface area contributed by atoms with E-state index in [1.807, 2.05) is 0 Å². The molecule has 0 bridgehead atoms.